The first-order valence-corrected chi connectivity index (χ1v) is 11.2. The van der Waals surface area contributed by atoms with Crippen LogP contribution in [0.4, 0.5) is 5.82 Å². The van der Waals surface area contributed by atoms with Gasteiger partial charge < -0.3 is 20.1 Å². The van der Waals surface area contributed by atoms with Crippen LogP contribution in [0.3, 0.4) is 0 Å². The molecule has 0 radical (unpaired) electrons. The van der Waals surface area contributed by atoms with E-state index in [9.17, 15) is 10.1 Å². The van der Waals surface area contributed by atoms with Gasteiger partial charge in [0.05, 0.1) is 36.6 Å². The fraction of sp³-hybridized carbons (Fsp3) is 0.632. The van der Waals surface area contributed by atoms with E-state index in [1.165, 1.54) is 6.20 Å². The number of nitro groups is 1. The summed E-state index contributed by atoms with van der Waals surface area (Å²) < 4.78 is 10.7. The Hall–Kier alpha value is -2.21. The van der Waals surface area contributed by atoms with Crippen LogP contribution in [0.15, 0.2) is 17.6 Å². The van der Waals surface area contributed by atoms with Crippen molar-refractivity contribution in [2.75, 3.05) is 44.8 Å². The Morgan fingerprint density at radius 1 is 1.41 bits per heavy atom. The van der Waals surface area contributed by atoms with E-state index in [4.69, 9.17) is 38.1 Å². The summed E-state index contributed by atoms with van der Waals surface area (Å²) in [6.07, 6.45) is 3.69. The number of morpholine rings is 1. The molecule has 2 heterocycles. The zero-order valence-electron chi connectivity index (χ0n) is 17.8. The Balaban J connectivity index is 1.42. The smallest absolute Gasteiger partial charge is 0.348 e. The van der Waals surface area contributed by atoms with Crippen molar-refractivity contribution in [2.45, 2.75) is 38.3 Å². The zero-order chi connectivity index (χ0) is 23.1. The number of hydrogen-bond acceptors (Lipinski definition) is 10. The predicted molar refractivity (Wildman–Crippen MR) is 121 cm³/mol. The van der Waals surface area contributed by atoms with Crippen LogP contribution in [0.5, 0.6) is 0 Å². The van der Waals surface area contributed by atoms with Crippen LogP contribution in [0.25, 0.3) is 0 Å². The molecule has 0 bridgehead atoms. The molecule has 0 atom stereocenters. The highest BCUT2D eigenvalue weighted by molar-refractivity contribution is 6.33. The number of ether oxygens (including phenoxy) is 2. The van der Waals surface area contributed by atoms with Gasteiger partial charge in [-0.25, -0.2) is 4.98 Å². The van der Waals surface area contributed by atoms with E-state index in [-0.39, 0.29) is 23.6 Å². The van der Waals surface area contributed by atoms with Gasteiger partial charge in [0, 0.05) is 31.7 Å². The number of nitrogens with zero attached hydrogens (tertiary/aromatic N) is 4. The maximum atomic E-state index is 11.5. The number of allylic oxidation sites excluding steroid dienone is 1. The molecule has 3 rings (SSSR count). The Morgan fingerprint density at radius 2 is 2.12 bits per heavy atom. The molecule has 32 heavy (non-hydrogen) atoms. The van der Waals surface area contributed by atoms with Crippen LogP contribution < -0.4 is 10.6 Å². The molecule has 2 fully saturated rings. The van der Waals surface area contributed by atoms with E-state index in [0.29, 0.717) is 35.5 Å². The van der Waals surface area contributed by atoms with Gasteiger partial charge in [-0.15, -0.1) is 0 Å². The third-order valence-electron chi connectivity index (χ3n) is 5.42. The second kappa shape index (κ2) is 11.6. The summed E-state index contributed by atoms with van der Waals surface area (Å²) in [5, 5.41) is 26.1. The van der Waals surface area contributed by atoms with Crippen molar-refractivity contribution in [3.63, 3.8) is 0 Å². The van der Waals surface area contributed by atoms with Crippen LogP contribution >= 0.6 is 23.2 Å². The van der Waals surface area contributed by atoms with Crippen molar-refractivity contribution in [2.24, 2.45) is 0 Å². The first-order chi connectivity index (χ1) is 15.3. The maximum absolute atomic E-state index is 11.5. The van der Waals surface area contributed by atoms with E-state index >= 15 is 0 Å². The molecule has 0 aromatic carbocycles. The minimum atomic E-state index is -0.580. The van der Waals surface area contributed by atoms with Gasteiger partial charge >= 0.3 is 5.70 Å². The third-order valence-corrected chi connectivity index (χ3v) is 5.88. The van der Waals surface area contributed by atoms with Crippen LogP contribution in [0.2, 0.25) is 10.3 Å². The molecule has 2 aliphatic rings. The maximum Gasteiger partial charge on any atom is 0.348 e. The van der Waals surface area contributed by atoms with E-state index in [1.54, 1.807) is 6.92 Å². The quantitative estimate of drug-likeness (QED) is 0.113. The Labute approximate surface area is 196 Å². The van der Waals surface area contributed by atoms with Gasteiger partial charge in [-0.1, -0.05) is 11.6 Å². The van der Waals surface area contributed by atoms with Crippen LogP contribution in [0.1, 0.15) is 26.2 Å². The van der Waals surface area contributed by atoms with Crippen LogP contribution in [0, 0.1) is 15.5 Å². The fourth-order valence-corrected chi connectivity index (χ4v) is 3.99. The first-order valence-electron chi connectivity index (χ1n) is 10.4. The summed E-state index contributed by atoms with van der Waals surface area (Å²) in [6.45, 7) is 5.52. The number of nitrogens with one attached hydrogen (secondary N) is 3. The average Bonchev–Trinajstić information content (AvgIpc) is 2.73. The molecule has 1 aliphatic heterocycles. The Morgan fingerprint density at radius 3 is 2.81 bits per heavy atom. The summed E-state index contributed by atoms with van der Waals surface area (Å²) in [6, 6.07) is 0.629. The standard InChI is InChI=1S/C19H27Cl2N7O4/c1-12(25-13-9-14(10-13)27-4-7-31-8-5-27)16(28(29)30)17(22)32-6-2-3-23-18-15(20)11-24-19(21)26-18/h11,13-14,22,25H,2-10H2,1H3,(H,23,24,26)/b16-12+,22-17?. The summed E-state index contributed by atoms with van der Waals surface area (Å²) in [5.74, 6) is -0.0734. The lowest BCUT2D eigenvalue weighted by Gasteiger charge is -2.44. The van der Waals surface area contributed by atoms with Crippen LogP contribution in [-0.2, 0) is 9.47 Å². The highest BCUT2D eigenvalue weighted by atomic mass is 35.5. The largest absolute Gasteiger partial charge is 0.473 e. The minimum absolute atomic E-state index is 0.0707. The first kappa shape index (κ1) is 24.4. The van der Waals surface area contributed by atoms with Gasteiger partial charge in [0.25, 0.3) is 5.90 Å². The molecule has 0 spiro atoms. The lowest BCUT2D eigenvalue weighted by molar-refractivity contribution is -0.418. The van der Waals surface area contributed by atoms with Crippen molar-refractivity contribution < 1.29 is 14.4 Å². The third kappa shape index (κ3) is 6.64. The van der Waals surface area contributed by atoms with Gasteiger partial charge in [-0.3, -0.25) is 20.4 Å². The molecule has 11 nitrogen and oxygen atoms in total. The molecule has 13 heteroatoms. The molecule has 1 saturated carbocycles. The highest BCUT2D eigenvalue weighted by Crippen LogP contribution is 2.27. The lowest BCUT2D eigenvalue weighted by Crippen LogP contribution is -2.55. The van der Waals surface area contributed by atoms with Crippen molar-refractivity contribution >= 4 is 34.9 Å². The minimum Gasteiger partial charge on any atom is -0.473 e. The molecule has 0 unspecified atom stereocenters. The monoisotopic (exact) mass is 487 g/mol. The molecule has 1 aromatic heterocycles. The Bertz CT molecular complexity index is 858. The van der Waals surface area contributed by atoms with Gasteiger partial charge in [-0.05, 0) is 37.8 Å². The summed E-state index contributed by atoms with van der Waals surface area (Å²) >= 11 is 11.7. The van der Waals surface area contributed by atoms with Gasteiger partial charge in [-0.2, -0.15) is 4.98 Å². The number of hydrogen-bond donors (Lipinski definition) is 3. The van der Waals surface area contributed by atoms with E-state index in [1.807, 2.05) is 0 Å². The summed E-state index contributed by atoms with van der Waals surface area (Å²) in [5.41, 5.74) is -0.00984. The predicted octanol–water partition coefficient (Wildman–Crippen LogP) is 2.54. The van der Waals surface area contributed by atoms with E-state index in [0.717, 1.165) is 39.1 Å². The fourth-order valence-electron chi connectivity index (χ4n) is 3.70. The zero-order valence-corrected chi connectivity index (χ0v) is 19.3. The molecular formula is C19H27Cl2N7O4. The van der Waals surface area contributed by atoms with Gasteiger partial charge in [0.1, 0.15) is 10.8 Å². The van der Waals surface area contributed by atoms with Crippen molar-refractivity contribution in [1.82, 2.24) is 20.2 Å². The topological polar surface area (TPSA) is 139 Å². The van der Waals surface area contributed by atoms with Crippen molar-refractivity contribution in [3.8, 4) is 0 Å². The summed E-state index contributed by atoms with van der Waals surface area (Å²) in [4.78, 5) is 21.1. The molecule has 3 N–H and O–H groups in total. The number of rotatable bonds is 10. The number of halogens is 2. The number of aromatic nitrogens is 2. The van der Waals surface area contributed by atoms with Gasteiger partial charge in [0.15, 0.2) is 0 Å². The number of anilines is 1. The van der Waals surface area contributed by atoms with Gasteiger partial charge in [0.2, 0.25) is 5.28 Å². The van der Waals surface area contributed by atoms with E-state index < -0.39 is 10.8 Å². The van der Waals surface area contributed by atoms with E-state index in [2.05, 4.69) is 25.5 Å². The molecule has 1 aromatic rings. The average molecular weight is 488 g/mol. The molecular weight excluding hydrogens is 461 g/mol. The van der Waals surface area contributed by atoms with Crippen molar-refractivity contribution in [1.29, 1.82) is 5.41 Å². The second-order valence-corrected chi connectivity index (χ2v) is 8.38. The second-order valence-electron chi connectivity index (χ2n) is 7.64. The summed E-state index contributed by atoms with van der Waals surface area (Å²) in [7, 11) is 0. The molecule has 0 amide bonds. The normalized spacial score (nSPS) is 21.8. The highest BCUT2D eigenvalue weighted by Gasteiger charge is 2.35. The van der Waals surface area contributed by atoms with Crippen LogP contribution in [-0.4, -0.2) is 77.2 Å². The molecule has 176 valence electrons. The SMILES string of the molecule is C/C(NC1CC(N2CCOCC2)C1)=C(/C(=N)OCCCNc1nc(Cl)ncc1Cl)[N+](=O)[O-]. The molecule has 1 aliphatic carbocycles. The Kier molecular flexibility index (Phi) is 8.85. The molecule has 1 saturated heterocycles. The lowest BCUT2D eigenvalue weighted by atomic mass is 9.85. The van der Waals surface area contributed by atoms with Crippen molar-refractivity contribution in [3.05, 3.63) is 38.0 Å².